The molecule has 1 unspecified atom stereocenters. The van der Waals surface area contributed by atoms with Crippen LogP contribution in [0.4, 0.5) is 4.39 Å². The van der Waals surface area contributed by atoms with Gasteiger partial charge < -0.3 is 0 Å². The number of nitriles is 1. The minimum absolute atomic E-state index is 0.368. The lowest BCUT2D eigenvalue weighted by atomic mass is 9.95. The maximum Gasteiger partial charge on any atom is 0.0994 e. The van der Waals surface area contributed by atoms with Crippen molar-refractivity contribution in [2.75, 3.05) is 6.67 Å². The van der Waals surface area contributed by atoms with Crippen molar-refractivity contribution >= 4 is 0 Å². The van der Waals surface area contributed by atoms with Gasteiger partial charge in [-0.3, -0.25) is 4.39 Å². The van der Waals surface area contributed by atoms with E-state index in [4.69, 9.17) is 5.26 Å². The summed E-state index contributed by atoms with van der Waals surface area (Å²) in [6, 6.07) is 7.67. The highest BCUT2D eigenvalue weighted by Crippen LogP contribution is 2.20. The summed E-state index contributed by atoms with van der Waals surface area (Å²) in [6.45, 7) is 5.28. The number of alkyl halides is 1. The molecule has 1 aromatic rings. The fourth-order valence-electron chi connectivity index (χ4n) is 1.53. The molecule has 15 heavy (non-hydrogen) atoms. The molecule has 0 spiro atoms. The molecule has 0 bridgehead atoms. The first-order valence-corrected chi connectivity index (χ1v) is 5.14. The summed E-state index contributed by atoms with van der Waals surface area (Å²) in [5.74, 6) is -0.368. The Kier molecular flexibility index (Phi) is 4.30. The predicted molar refractivity (Wildman–Crippen MR) is 59.2 cm³/mol. The van der Waals surface area contributed by atoms with Gasteiger partial charge in [-0.05, 0) is 30.5 Å². The van der Waals surface area contributed by atoms with Crippen molar-refractivity contribution in [3.63, 3.8) is 0 Å². The summed E-state index contributed by atoms with van der Waals surface area (Å²) in [4.78, 5) is 0. The zero-order valence-corrected chi connectivity index (χ0v) is 8.96. The molecule has 1 atom stereocenters. The van der Waals surface area contributed by atoms with Crippen molar-refractivity contribution in [3.8, 4) is 6.07 Å². The van der Waals surface area contributed by atoms with E-state index in [1.165, 1.54) is 0 Å². The van der Waals surface area contributed by atoms with E-state index < -0.39 is 6.67 Å². The molecule has 2 heteroatoms. The van der Waals surface area contributed by atoms with Gasteiger partial charge >= 0.3 is 0 Å². The zero-order chi connectivity index (χ0) is 11.3. The molecule has 79 valence electrons. The van der Waals surface area contributed by atoms with Crippen LogP contribution in [0.2, 0.25) is 0 Å². The molecule has 1 rings (SSSR count). The van der Waals surface area contributed by atoms with Gasteiger partial charge in [0.1, 0.15) is 0 Å². The average molecular weight is 204 g/mol. The molecule has 0 fully saturated rings. The number of aryl methyl sites for hydroxylation is 1. The van der Waals surface area contributed by atoms with Crippen LogP contribution in [0.1, 0.15) is 36.0 Å². The summed E-state index contributed by atoms with van der Waals surface area (Å²) in [5.41, 5.74) is 2.49. The SMILES string of the molecule is [CH2]C(CF)c1ccc(CCC)c(C#N)c1. The van der Waals surface area contributed by atoms with Gasteiger partial charge in [0.15, 0.2) is 0 Å². The first-order valence-electron chi connectivity index (χ1n) is 5.14. The first kappa shape index (κ1) is 11.7. The third kappa shape index (κ3) is 2.79. The standard InChI is InChI=1S/C13H15FN/c1-3-4-11-5-6-12(10(2)8-14)7-13(11)9-15/h5-7,10H,2-4,8H2,1H3. The molecule has 0 aliphatic rings. The van der Waals surface area contributed by atoms with Crippen molar-refractivity contribution in [1.29, 1.82) is 5.26 Å². The van der Waals surface area contributed by atoms with Gasteiger partial charge in [0.05, 0.1) is 18.3 Å². The fraction of sp³-hybridized carbons (Fsp3) is 0.385. The molecular formula is C13H15FN. The maximum absolute atomic E-state index is 12.4. The first-order chi connectivity index (χ1) is 7.22. The Morgan fingerprint density at radius 3 is 2.80 bits per heavy atom. The summed E-state index contributed by atoms with van der Waals surface area (Å²) in [6.07, 6.45) is 1.89. The lowest BCUT2D eigenvalue weighted by molar-refractivity contribution is 0.465. The van der Waals surface area contributed by atoms with Crippen LogP contribution in [-0.2, 0) is 6.42 Å². The summed E-state index contributed by atoms with van der Waals surface area (Å²) < 4.78 is 12.4. The highest BCUT2D eigenvalue weighted by molar-refractivity contribution is 5.42. The molecule has 0 saturated heterocycles. The molecule has 0 aliphatic heterocycles. The monoisotopic (exact) mass is 204 g/mol. The molecule has 0 heterocycles. The molecule has 0 N–H and O–H groups in total. The van der Waals surface area contributed by atoms with Crippen LogP contribution in [0.5, 0.6) is 0 Å². The fourth-order valence-corrected chi connectivity index (χ4v) is 1.53. The van der Waals surface area contributed by atoms with E-state index in [1.54, 1.807) is 6.07 Å². The molecule has 0 aromatic heterocycles. The van der Waals surface area contributed by atoms with Gasteiger partial charge in [0.2, 0.25) is 0 Å². The molecule has 1 aromatic carbocycles. The Bertz CT molecular complexity index is 365. The third-order valence-electron chi connectivity index (χ3n) is 2.43. The number of rotatable bonds is 4. The topological polar surface area (TPSA) is 23.8 Å². The van der Waals surface area contributed by atoms with Crippen LogP contribution in [0.15, 0.2) is 18.2 Å². The smallest absolute Gasteiger partial charge is 0.0994 e. The van der Waals surface area contributed by atoms with Gasteiger partial charge in [-0.15, -0.1) is 0 Å². The number of hydrogen-bond acceptors (Lipinski definition) is 1. The Balaban J connectivity index is 3.03. The number of hydrogen-bond donors (Lipinski definition) is 0. The maximum atomic E-state index is 12.4. The van der Waals surface area contributed by atoms with Crippen LogP contribution in [0, 0.1) is 18.3 Å². The second kappa shape index (κ2) is 5.50. The van der Waals surface area contributed by atoms with E-state index in [9.17, 15) is 4.39 Å². The Morgan fingerprint density at radius 1 is 1.53 bits per heavy atom. The van der Waals surface area contributed by atoms with Crippen molar-refractivity contribution in [2.24, 2.45) is 0 Å². The molecule has 0 aliphatic carbocycles. The molecular weight excluding hydrogens is 189 g/mol. The van der Waals surface area contributed by atoms with Crippen LogP contribution < -0.4 is 0 Å². The van der Waals surface area contributed by atoms with E-state index >= 15 is 0 Å². The van der Waals surface area contributed by atoms with Crippen molar-refractivity contribution in [2.45, 2.75) is 25.7 Å². The second-order valence-electron chi connectivity index (χ2n) is 3.63. The van der Waals surface area contributed by atoms with E-state index in [1.807, 2.05) is 12.1 Å². The zero-order valence-electron chi connectivity index (χ0n) is 8.96. The molecule has 1 radical (unpaired) electrons. The minimum Gasteiger partial charge on any atom is -0.250 e. The average Bonchev–Trinajstić information content (AvgIpc) is 2.29. The Labute approximate surface area is 90.5 Å². The van der Waals surface area contributed by atoms with Crippen LogP contribution >= 0.6 is 0 Å². The number of halogens is 1. The van der Waals surface area contributed by atoms with E-state index in [0.717, 1.165) is 24.0 Å². The largest absolute Gasteiger partial charge is 0.250 e. The highest BCUT2D eigenvalue weighted by atomic mass is 19.1. The van der Waals surface area contributed by atoms with E-state index in [0.29, 0.717) is 5.56 Å². The lowest BCUT2D eigenvalue weighted by Gasteiger charge is -2.09. The highest BCUT2D eigenvalue weighted by Gasteiger charge is 2.08. The predicted octanol–water partition coefficient (Wildman–Crippen LogP) is 3.40. The lowest BCUT2D eigenvalue weighted by Crippen LogP contribution is -1.98. The van der Waals surface area contributed by atoms with Crippen molar-refractivity contribution in [1.82, 2.24) is 0 Å². The third-order valence-corrected chi connectivity index (χ3v) is 2.43. The molecule has 1 nitrogen and oxygen atoms in total. The normalized spacial score (nSPS) is 12.1. The summed E-state index contributed by atoms with van der Waals surface area (Å²) in [5, 5.41) is 8.96. The van der Waals surface area contributed by atoms with E-state index in [-0.39, 0.29) is 5.92 Å². The second-order valence-corrected chi connectivity index (χ2v) is 3.63. The van der Waals surface area contributed by atoms with Crippen LogP contribution in [0.25, 0.3) is 0 Å². The summed E-state index contributed by atoms with van der Waals surface area (Å²) in [7, 11) is 0. The van der Waals surface area contributed by atoms with Gasteiger partial charge in [-0.2, -0.15) is 5.26 Å². The molecule has 0 saturated carbocycles. The van der Waals surface area contributed by atoms with Crippen LogP contribution in [0.3, 0.4) is 0 Å². The summed E-state index contributed by atoms with van der Waals surface area (Å²) >= 11 is 0. The van der Waals surface area contributed by atoms with Crippen molar-refractivity contribution in [3.05, 3.63) is 41.8 Å². The van der Waals surface area contributed by atoms with Gasteiger partial charge in [-0.25, -0.2) is 0 Å². The van der Waals surface area contributed by atoms with Gasteiger partial charge in [0.25, 0.3) is 0 Å². The molecule has 0 amide bonds. The van der Waals surface area contributed by atoms with Gasteiger partial charge in [0, 0.05) is 5.92 Å². The van der Waals surface area contributed by atoms with Crippen molar-refractivity contribution < 1.29 is 4.39 Å². The quantitative estimate of drug-likeness (QED) is 0.737. The Morgan fingerprint density at radius 2 is 2.27 bits per heavy atom. The number of nitrogens with zero attached hydrogens (tertiary/aromatic N) is 1. The minimum atomic E-state index is -0.488. The van der Waals surface area contributed by atoms with E-state index in [2.05, 4.69) is 19.9 Å². The van der Waals surface area contributed by atoms with Crippen LogP contribution in [-0.4, -0.2) is 6.67 Å². The van der Waals surface area contributed by atoms with Gasteiger partial charge in [-0.1, -0.05) is 25.5 Å². The Hall–Kier alpha value is -1.36. The number of benzene rings is 1.